The van der Waals surface area contributed by atoms with Crippen LogP contribution in [0.15, 0.2) is 48.7 Å². The highest BCUT2D eigenvalue weighted by Crippen LogP contribution is 2.37. The van der Waals surface area contributed by atoms with E-state index in [4.69, 9.17) is 0 Å². The highest BCUT2D eigenvalue weighted by molar-refractivity contribution is 5.77. The Bertz CT molecular complexity index is 854. The van der Waals surface area contributed by atoms with Gasteiger partial charge in [-0.2, -0.15) is 0 Å². The minimum atomic E-state index is -0.265. The lowest BCUT2D eigenvalue weighted by Crippen LogP contribution is -2.41. The Morgan fingerprint density at radius 1 is 1.23 bits per heavy atom. The first-order chi connectivity index (χ1) is 12.7. The average Bonchev–Trinajstić information content (AvgIpc) is 3.06. The number of amides is 1. The number of benzene rings is 1. The molecule has 134 valence electrons. The summed E-state index contributed by atoms with van der Waals surface area (Å²) in [6.07, 6.45) is 3.79. The molecule has 0 spiro atoms. The quantitative estimate of drug-likeness (QED) is 0.637. The second-order valence-corrected chi connectivity index (χ2v) is 6.89. The van der Waals surface area contributed by atoms with Crippen molar-refractivity contribution >= 4 is 16.9 Å². The minimum absolute atomic E-state index is 0.0255. The standard InChI is InChI=1S/C20H22N4O2/c25-14-11-13(12-14)20(17-7-3-4-10-21-17)24-19(26)9-8-18-22-15-5-1-2-6-16(15)23-18/h1-7,10,13-14,20,25H,8-9,11-12H2,(H,22,23)(H,24,26)/t13?,14?,20-/m1/s1. The lowest BCUT2D eigenvalue weighted by atomic mass is 9.76. The molecule has 2 heterocycles. The number of H-pyrrole nitrogens is 1. The molecule has 0 aliphatic heterocycles. The first-order valence-corrected chi connectivity index (χ1v) is 9.01. The first-order valence-electron chi connectivity index (χ1n) is 9.01. The second-order valence-electron chi connectivity index (χ2n) is 6.89. The number of nitrogens with one attached hydrogen (secondary N) is 2. The number of aromatic nitrogens is 3. The van der Waals surface area contributed by atoms with Crippen LogP contribution < -0.4 is 5.32 Å². The molecule has 1 saturated carbocycles. The summed E-state index contributed by atoms with van der Waals surface area (Å²) >= 11 is 0. The molecule has 6 heteroatoms. The number of para-hydroxylation sites is 2. The monoisotopic (exact) mass is 350 g/mol. The number of carbonyl (C=O) groups excluding carboxylic acids is 1. The van der Waals surface area contributed by atoms with Crippen molar-refractivity contribution in [1.29, 1.82) is 0 Å². The Kier molecular flexibility index (Phi) is 4.67. The van der Waals surface area contributed by atoms with Crippen LogP contribution in [0.2, 0.25) is 0 Å². The number of aryl methyl sites for hydroxylation is 1. The fourth-order valence-corrected chi connectivity index (χ4v) is 3.50. The van der Waals surface area contributed by atoms with Gasteiger partial charge in [-0.1, -0.05) is 18.2 Å². The number of pyridine rings is 1. The third-order valence-corrected chi connectivity index (χ3v) is 4.97. The number of aliphatic hydroxyl groups excluding tert-OH is 1. The SMILES string of the molecule is O=C(CCc1nc2ccccc2[nH]1)N[C@@H](c1ccccn1)C1CC(O)C1. The van der Waals surface area contributed by atoms with Gasteiger partial charge in [0.25, 0.3) is 0 Å². The van der Waals surface area contributed by atoms with Gasteiger partial charge in [-0.15, -0.1) is 0 Å². The van der Waals surface area contributed by atoms with Gasteiger partial charge in [-0.05, 0) is 43.0 Å². The molecule has 1 aliphatic rings. The van der Waals surface area contributed by atoms with E-state index in [9.17, 15) is 9.90 Å². The van der Waals surface area contributed by atoms with Crippen LogP contribution in [-0.4, -0.2) is 32.1 Å². The number of aliphatic hydroxyl groups is 1. The summed E-state index contributed by atoms with van der Waals surface area (Å²) < 4.78 is 0. The Morgan fingerprint density at radius 3 is 2.77 bits per heavy atom. The van der Waals surface area contributed by atoms with Gasteiger partial charge in [-0.25, -0.2) is 4.98 Å². The van der Waals surface area contributed by atoms with E-state index in [1.807, 2.05) is 42.5 Å². The fourth-order valence-electron chi connectivity index (χ4n) is 3.50. The maximum absolute atomic E-state index is 12.5. The molecule has 1 fully saturated rings. The number of rotatable bonds is 6. The van der Waals surface area contributed by atoms with Gasteiger partial charge in [0.15, 0.2) is 0 Å². The molecule has 6 nitrogen and oxygen atoms in total. The normalized spacial score (nSPS) is 20.5. The minimum Gasteiger partial charge on any atom is -0.393 e. The molecule has 3 aromatic rings. The van der Waals surface area contributed by atoms with Crippen molar-refractivity contribution in [3.63, 3.8) is 0 Å². The average molecular weight is 350 g/mol. The van der Waals surface area contributed by atoms with E-state index in [0.29, 0.717) is 25.7 Å². The van der Waals surface area contributed by atoms with Crippen LogP contribution in [0, 0.1) is 5.92 Å². The van der Waals surface area contributed by atoms with E-state index < -0.39 is 0 Å². The molecule has 26 heavy (non-hydrogen) atoms. The molecule has 1 aliphatic carbocycles. The Labute approximate surface area is 151 Å². The molecule has 4 rings (SSSR count). The zero-order valence-corrected chi connectivity index (χ0v) is 14.4. The maximum Gasteiger partial charge on any atom is 0.220 e. The highest BCUT2D eigenvalue weighted by atomic mass is 16.3. The third kappa shape index (κ3) is 3.60. The van der Waals surface area contributed by atoms with Crippen molar-refractivity contribution in [2.75, 3.05) is 0 Å². The molecule has 0 unspecified atom stereocenters. The van der Waals surface area contributed by atoms with Crippen LogP contribution in [-0.2, 0) is 11.2 Å². The number of hydrogen-bond donors (Lipinski definition) is 3. The van der Waals surface area contributed by atoms with E-state index in [0.717, 1.165) is 22.6 Å². The summed E-state index contributed by atoms with van der Waals surface area (Å²) in [5, 5.41) is 12.7. The Morgan fingerprint density at radius 2 is 2.04 bits per heavy atom. The molecular weight excluding hydrogens is 328 g/mol. The molecule has 1 amide bonds. The van der Waals surface area contributed by atoms with Gasteiger partial charge in [0.05, 0.1) is 28.9 Å². The van der Waals surface area contributed by atoms with Gasteiger partial charge >= 0.3 is 0 Å². The van der Waals surface area contributed by atoms with Crippen LogP contribution in [0.3, 0.4) is 0 Å². The van der Waals surface area contributed by atoms with Crippen molar-refractivity contribution in [3.8, 4) is 0 Å². The predicted octanol–water partition coefficient (Wildman–Crippen LogP) is 2.52. The van der Waals surface area contributed by atoms with Crippen LogP contribution >= 0.6 is 0 Å². The lowest BCUT2D eigenvalue weighted by Gasteiger charge is -2.37. The number of hydrogen-bond acceptors (Lipinski definition) is 4. The van der Waals surface area contributed by atoms with Gasteiger partial charge in [0.2, 0.25) is 5.91 Å². The molecular formula is C20H22N4O2. The topological polar surface area (TPSA) is 90.9 Å². The zero-order valence-electron chi connectivity index (χ0n) is 14.4. The summed E-state index contributed by atoms with van der Waals surface area (Å²) in [5.74, 6) is 1.02. The van der Waals surface area contributed by atoms with Crippen molar-refractivity contribution in [3.05, 3.63) is 60.2 Å². The summed E-state index contributed by atoms with van der Waals surface area (Å²) in [5.41, 5.74) is 2.75. The molecule has 0 bridgehead atoms. The number of nitrogens with zero attached hydrogens (tertiary/aromatic N) is 2. The smallest absolute Gasteiger partial charge is 0.220 e. The van der Waals surface area contributed by atoms with E-state index in [1.165, 1.54) is 0 Å². The summed E-state index contributed by atoms with van der Waals surface area (Å²) in [7, 11) is 0. The number of imidazole rings is 1. The van der Waals surface area contributed by atoms with Crippen LogP contribution in [0.25, 0.3) is 11.0 Å². The lowest BCUT2D eigenvalue weighted by molar-refractivity contribution is -0.123. The van der Waals surface area contributed by atoms with E-state index in [2.05, 4.69) is 20.3 Å². The Balaban J connectivity index is 1.40. The molecule has 0 radical (unpaired) electrons. The van der Waals surface area contributed by atoms with Crippen molar-refractivity contribution in [2.24, 2.45) is 5.92 Å². The van der Waals surface area contributed by atoms with Gasteiger partial charge in [-0.3, -0.25) is 9.78 Å². The number of carbonyl (C=O) groups is 1. The Hall–Kier alpha value is -2.73. The summed E-state index contributed by atoms with van der Waals surface area (Å²) in [4.78, 5) is 24.7. The van der Waals surface area contributed by atoms with E-state index in [1.54, 1.807) is 6.20 Å². The highest BCUT2D eigenvalue weighted by Gasteiger charge is 2.36. The molecule has 2 aromatic heterocycles. The van der Waals surface area contributed by atoms with Crippen molar-refractivity contribution < 1.29 is 9.90 Å². The van der Waals surface area contributed by atoms with Gasteiger partial charge in [0, 0.05) is 19.0 Å². The molecule has 0 saturated heterocycles. The van der Waals surface area contributed by atoms with Crippen LogP contribution in [0.5, 0.6) is 0 Å². The van der Waals surface area contributed by atoms with Crippen molar-refractivity contribution in [1.82, 2.24) is 20.3 Å². The van der Waals surface area contributed by atoms with Gasteiger partial charge in [0.1, 0.15) is 5.82 Å². The van der Waals surface area contributed by atoms with Crippen LogP contribution in [0.1, 0.15) is 36.8 Å². The number of aromatic amines is 1. The summed E-state index contributed by atoms with van der Waals surface area (Å²) in [6, 6.07) is 13.4. The summed E-state index contributed by atoms with van der Waals surface area (Å²) in [6.45, 7) is 0. The first kappa shape index (κ1) is 16.7. The van der Waals surface area contributed by atoms with E-state index >= 15 is 0 Å². The van der Waals surface area contributed by atoms with E-state index in [-0.39, 0.29) is 24.0 Å². The molecule has 1 atom stereocenters. The molecule has 3 N–H and O–H groups in total. The van der Waals surface area contributed by atoms with Crippen molar-refractivity contribution in [2.45, 2.75) is 37.8 Å². The molecule has 1 aromatic carbocycles. The predicted molar refractivity (Wildman–Crippen MR) is 98.3 cm³/mol. The largest absolute Gasteiger partial charge is 0.393 e. The second kappa shape index (κ2) is 7.25. The zero-order chi connectivity index (χ0) is 17.9. The number of fused-ring (bicyclic) bond motifs is 1. The maximum atomic E-state index is 12.5. The fraction of sp³-hybridized carbons (Fsp3) is 0.350. The third-order valence-electron chi connectivity index (χ3n) is 4.97. The van der Waals surface area contributed by atoms with Crippen LogP contribution in [0.4, 0.5) is 0 Å². The van der Waals surface area contributed by atoms with Gasteiger partial charge < -0.3 is 15.4 Å².